The van der Waals surface area contributed by atoms with Crippen LogP contribution in [0.2, 0.25) is 0 Å². The molecule has 0 saturated carbocycles. The van der Waals surface area contributed by atoms with Gasteiger partial charge in [0, 0.05) is 24.0 Å². The van der Waals surface area contributed by atoms with E-state index in [2.05, 4.69) is 11.4 Å². The van der Waals surface area contributed by atoms with Gasteiger partial charge in [0.05, 0.1) is 0 Å². The number of hydrogen-bond acceptors (Lipinski definition) is 6. The number of aryl methyl sites for hydroxylation is 1. The monoisotopic (exact) mass is 436 g/mol. The molecule has 0 fully saturated rings. The van der Waals surface area contributed by atoms with Crippen LogP contribution in [0.15, 0.2) is 42.5 Å². The van der Waals surface area contributed by atoms with E-state index in [1.807, 2.05) is 26.0 Å². The van der Waals surface area contributed by atoms with E-state index in [1.54, 1.807) is 35.2 Å². The van der Waals surface area contributed by atoms with Crippen LogP contribution in [-0.2, 0) is 20.9 Å². The number of carbonyl (C=O) groups excluding carboxylic acids is 3. The standard InChI is InChI=1S/C25H28N2O5/c1-7-27(8-2)20-11-14-22(17(3)15-20)26-24(30)31-16-19-9-12-21(13-10-19)32-23(29)25(5,6)18(4)28/h1,9-15H,8,16H2,2-6H3,(H,26,30). The fourth-order valence-electron chi connectivity index (χ4n) is 2.63. The number of Topliss-reactive ketones (excluding diaryl/α,β-unsaturated/α-hetero) is 1. The molecular formula is C25H28N2O5. The summed E-state index contributed by atoms with van der Waals surface area (Å²) in [7, 11) is 0. The summed E-state index contributed by atoms with van der Waals surface area (Å²) < 4.78 is 10.5. The van der Waals surface area contributed by atoms with Gasteiger partial charge in [-0.2, -0.15) is 0 Å². The number of nitrogens with zero attached hydrogens (tertiary/aromatic N) is 1. The summed E-state index contributed by atoms with van der Waals surface area (Å²) in [6.07, 6.45) is 4.90. The van der Waals surface area contributed by atoms with Gasteiger partial charge >= 0.3 is 12.1 Å². The third kappa shape index (κ3) is 6.11. The number of rotatable bonds is 8. The second-order valence-electron chi connectivity index (χ2n) is 7.79. The zero-order valence-corrected chi connectivity index (χ0v) is 19.0. The van der Waals surface area contributed by atoms with Crippen LogP contribution in [0.25, 0.3) is 0 Å². The van der Waals surface area contributed by atoms with E-state index in [4.69, 9.17) is 15.9 Å². The Morgan fingerprint density at radius 2 is 1.78 bits per heavy atom. The van der Waals surface area contributed by atoms with Crippen LogP contribution in [0.4, 0.5) is 16.2 Å². The van der Waals surface area contributed by atoms with E-state index in [1.165, 1.54) is 20.8 Å². The molecule has 7 nitrogen and oxygen atoms in total. The molecule has 7 heteroatoms. The molecular weight excluding hydrogens is 408 g/mol. The number of hydrogen-bond donors (Lipinski definition) is 1. The molecule has 0 unspecified atom stereocenters. The van der Waals surface area contributed by atoms with Crippen LogP contribution in [0.3, 0.4) is 0 Å². The minimum Gasteiger partial charge on any atom is -0.444 e. The molecule has 0 radical (unpaired) electrons. The molecule has 0 aromatic heterocycles. The lowest BCUT2D eigenvalue weighted by molar-refractivity contribution is -0.149. The molecule has 0 heterocycles. The number of ether oxygens (including phenoxy) is 2. The molecule has 0 aliphatic carbocycles. The Morgan fingerprint density at radius 3 is 2.31 bits per heavy atom. The van der Waals surface area contributed by atoms with Crippen LogP contribution in [0.1, 0.15) is 38.8 Å². The molecule has 2 rings (SSSR count). The topological polar surface area (TPSA) is 84.9 Å². The summed E-state index contributed by atoms with van der Waals surface area (Å²) >= 11 is 0. The molecule has 0 aliphatic rings. The average Bonchev–Trinajstić information content (AvgIpc) is 2.75. The molecule has 0 spiro atoms. The molecule has 1 N–H and O–H groups in total. The van der Waals surface area contributed by atoms with Gasteiger partial charge in [0.25, 0.3) is 0 Å². The summed E-state index contributed by atoms with van der Waals surface area (Å²) in [5, 5.41) is 2.71. The highest BCUT2D eigenvalue weighted by Crippen LogP contribution is 2.23. The minimum atomic E-state index is -1.22. The Morgan fingerprint density at radius 1 is 1.12 bits per heavy atom. The number of terminal acetylenes is 1. The number of amides is 1. The largest absolute Gasteiger partial charge is 0.444 e. The third-order valence-corrected chi connectivity index (χ3v) is 5.12. The Kier molecular flexibility index (Phi) is 8.03. The third-order valence-electron chi connectivity index (χ3n) is 5.12. The number of esters is 1. The molecule has 0 bridgehead atoms. The minimum absolute atomic E-state index is 0.0385. The second-order valence-corrected chi connectivity index (χ2v) is 7.79. The molecule has 0 aliphatic heterocycles. The van der Waals surface area contributed by atoms with Crippen molar-refractivity contribution in [3.05, 3.63) is 53.6 Å². The highest BCUT2D eigenvalue weighted by molar-refractivity contribution is 6.02. The van der Waals surface area contributed by atoms with Gasteiger partial charge in [0.1, 0.15) is 23.6 Å². The van der Waals surface area contributed by atoms with Gasteiger partial charge in [-0.05, 0) is 76.1 Å². The predicted octanol–water partition coefficient (Wildman–Crippen LogP) is 4.68. The van der Waals surface area contributed by atoms with Crippen molar-refractivity contribution >= 4 is 29.2 Å². The molecule has 32 heavy (non-hydrogen) atoms. The van der Waals surface area contributed by atoms with Crippen molar-refractivity contribution in [2.45, 2.75) is 41.2 Å². The first-order valence-corrected chi connectivity index (χ1v) is 10.2. The molecule has 2 aromatic carbocycles. The summed E-state index contributed by atoms with van der Waals surface area (Å²) in [5.74, 6) is -0.595. The average molecular weight is 437 g/mol. The lowest BCUT2D eigenvalue weighted by Gasteiger charge is -2.18. The van der Waals surface area contributed by atoms with E-state index < -0.39 is 17.5 Å². The number of anilines is 2. The first kappa shape index (κ1) is 24.5. The van der Waals surface area contributed by atoms with Crippen molar-refractivity contribution in [2.75, 3.05) is 16.8 Å². The van der Waals surface area contributed by atoms with Gasteiger partial charge in [-0.3, -0.25) is 14.9 Å². The SMILES string of the molecule is C#CN(CC)c1ccc(NC(=O)OCc2ccc(OC(=O)C(C)(C)C(C)=O)cc2)c(C)c1. The van der Waals surface area contributed by atoms with Crippen LogP contribution in [-0.4, -0.2) is 24.4 Å². The van der Waals surface area contributed by atoms with Gasteiger partial charge in [-0.25, -0.2) is 4.79 Å². The molecule has 1 amide bonds. The molecule has 0 atom stereocenters. The van der Waals surface area contributed by atoms with Gasteiger partial charge in [-0.1, -0.05) is 18.6 Å². The summed E-state index contributed by atoms with van der Waals surface area (Å²) in [6.45, 7) is 8.93. The normalized spacial score (nSPS) is 10.6. The summed E-state index contributed by atoms with van der Waals surface area (Å²) in [5.41, 5.74) is 1.85. The Labute approximate surface area is 188 Å². The predicted molar refractivity (Wildman–Crippen MR) is 123 cm³/mol. The van der Waals surface area contributed by atoms with Crippen molar-refractivity contribution in [3.8, 4) is 18.2 Å². The zero-order chi connectivity index (χ0) is 23.9. The number of nitrogens with one attached hydrogen (secondary N) is 1. The van der Waals surface area contributed by atoms with Crippen LogP contribution < -0.4 is 15.0 Å². The number of carbonyl (C=O) groups is 3. The van der Waals surface area contributed by atoms with Gasteiger partial charge in [0.2, 0.25) is 0 Å². The lowest BCUT2D eigenvalue weighted by Crippen LogP contribution is -2.35. The fourth-order valence-corrected chi connectivity index (χ4v) is 2.63. The van der Waals surface area contributed by atoms with Gasteiger partial charge < -0.3 is 14.4 Å². The number of ketones is 1. The molecule has 168 valence electrons. The lowest BCUT2D eigenvalue weighted by atomic mass is 9.89. The maximum absolute atomic E-state index is 12.2. The van der Waals surface area contributed by atoms with E-state index in [0.717, 1.165) is 11.3 Å². The van der Waals surface area contributed by atoms with E-state index >= 15 is 0 Å². The maximum atomic E-state index is 12.2. The quantitative estimate of drug-likeness (QED) is 0.213. The van der Waals surface area contributed by atoms with E-state index in [-0.39, 0.29) is 12.4 Å². The molecule has 0 saturated heterocycles. The van der Waals surface area contributed by atoms with E-state index in [0.29, 0.717) is 23.5 Å². The van der Waals surface area contributed by atoms with Crippen LogP contribution in [0, 0.1) is 24.8 Å². The number of benzene rings is 2. The maximum Gasteiger partial charge on any atom is 0.411 e. The zero-order valence-electron chi connectivity index (χ0n) is 19.0. The Bertz CT molecular complexity index is 1040. The van der Waals surface area contributed by atoms with Crippen molar-refractivity contribution < 1.29 is 23.9 Å². The first-order valence-electron chi connectivity index (χ1n) is 10.2. The second kappa shape index (κ2) is 10.5. The van der Waals surface area contributed by atoms with Crippen molar-refractivity contribution in [1.82, 2.24) is 0 Å². The fraction of sp³-hybridized carbons (Fsp3) is 0.320. The molecule has 2 aromatic rings. The smallest absolute Gasteiger partial charge is 0.411 e. The highest BCUT2D eigenvalue weighted by Gasteiger charge is 2.34. The van der Waals surface area contributed by atoms with Crippen molar-refractivity contribution in [2.24, 2.45) is 5.41 Å². The van der Waals surface area contributed by atoms with Crippen molar-refractivity contribution in [3.63, 3.8) is 0 Å². The Balaban J connectivity index is 1.92. The summed E-state index contributed by atoms with van der Waals surface area (Å²) in [4.78, 5) is 37.6. The van der Waals surface area contributed by atoms with Crippen molar-refractivity contribution in [1.29, 1.82) is 0 Å². The van der Waals surface area contributed by atoms with Crippen LogP contribution in [0.5, 0.6) is 5.75 Å². The van der Waals surface area contributed by atoms with Gasteiger partial charge in [0.15, 0.2) is 0 Å². The van der Waals surface area contributed by atoms with Crippen LogP contribution >= 0.6 is 0 Å². The summed E-state index contributed by atoms with van der Waals surface area (Å²) in [6, 6.07) is 14.6. The van der Waals surface area contributed by atoms with Gasteiger partial charge in [-0.15, -0.1) is 0 Å². The Hall–Kier alpha value is -3.79. The first-order chi connectivity index (χ1) is 15.1. The highest BCUT2D eigenvalue weighted by atomic mass is 16.5. The van der Waals surface area contributed by atoms with E-state index in [9.17, 15) is 14.4 Å².